The maximum absolute atomic E-state index is 12.6. The molecule has 1 saturated heterocycles. The molecule has 4 fully saturated rings. The van der Waals surface area contributed by atoms with E-state index in [1.807, 2.05) is 39.8 Å². The lowest BCUT2D eigenvalue weighted by Gasteiger charge is -2.64. The fourth-order valence-electron chi connectivity index (χ4n) is 6.05. The van der Waals surface area contributed by atoms with Crippen LogP contribution in [0.1, 0.15) is 82.8 Å². The zero-order chi connectivity index (χ0) is 22.1. The van der Waals surface area contributed by atoms with Gasteiger partial charge in [-0.25, -0.2) is 4.79 Å². The Kier molecular flexibility index (Phi) is 5.18. The topological polar surface area (TPSA) is 44.8 Å². The lowest BCUT2D eigenvalue weighted by atomic mass is 9.43. The average Bonchev–Trinajstić information content (AvgIpc) is 2.99. The third-order valence-electron chi connectivity index (χ3n) is 8.04. The number of carbonyl (C=O) groups is 1. The number of benzene rings is 1. The molecule has 3 saturated carbocycles. The molecular weight excluding hydrogens is 375 g/mol. The van der Waals surface area contributed by atoms with Crippen molar-refractivity contribution in [3.8, 4) is 0 Å². The van der Waals surface area contributed by atoms with Crippen LogP contribution in [0.4, 0.5) is 0 Å². The summed E-state index contributed by atoms with van der Waals surface area (Å²) < 4.78 is 18.7. The Hall–Kier alpha value is -1.33. The van der Waals surface area contributed by atoms with Crippen LogP contribution in [-0.4, -0.2) is 30.4 Å². The Morgan fingerprint density at radius 1 is 1.27 bits per heavy atom. The van der Waals surface area contributed by atoms with Gasteiger partial charge in [0, 0.05) is 0 Å². The van der Waals surface area contributed by atoms with E-state index in [4.69, 9.17) is 14.0 Å². The Balaban J connectivity index is 1.47. The van der Waals surface area contributed by atoms with Crippen LogP contribution in [-0.2, 0) is 20.5 Å². The molecule has 0 spiro atoms. The molecule has 1 aromatic carbocycles. The van der Waals surface area contributed by atoms with Crippen molar-refractivity contribution >= 4 is 13.1 Å². The molecule has 1 heterocycles. The SMILES string of the molecule is Cc1c(CC(C)B2OC3CC4CC(C4(C)C)C3(C)O2)cccc1C(=O)OC(C)(C)C. The Bertz CT molecular complexity index is 842. The minimum absolute atomic E-state index is 0.176. The first-order valence-corrected chi connectivity index (χ1v) is 11.5. The van der Waals surface area contributed by atoms with E-state index in [0.717, 1.165) is 29.9 Å². The van der Waals surface area contributed by atoms with Gasteiger partial charge >= 0.3 is 13.1 Å². The molecule has 5 unspecified atom stereocenters. The fraction of sp³-hybridized carbons (Fsp3) is 0.720. The molecule has 5 heteroatoms. The molecule has 3 aliphatic carbocycles. The van der Waals surface area contributed by atoms with Crippen molar-refractivity contribution in [3.63, 3.8) is 0 Å². The number of hydrogen-bond donors (Lipinski definition) is 0. The first-order valence-electron chi connectivity index (χ1n) is 11.5. The van der Waals surface area contributed by atoms with Gasteiger partial charge in [0.15, 0.2) is 0 Å². The van der Waals surface area contributed by atoms with Gasteiger partial charge in [-0.05, 0) is 94.1 Å². The molecule has 164 valence electrons. The first kappa shape index (κ1) is 21.9. The molecule has 0 amide bonds. The summed E-state index contributed by atoms with van der Waals surface area (Å²) in [4.78, 5) is 12.6. The highest BCUT2D eigenvalue weighted by molar-refractivity contribution is 6.47. The van der Waals surface area contributed by atoms with Gasteiger partial charge in [-0.1, -0.05) is 32.9 Å². The quantitative estimate of drug-likeness (QED) is 0.476. The normalized spacial score (nSPS) is 32.9. The summed E-state index contributed by atoms with van der Waals surface area (Å²) in [6, 6.07) is 5.90. The molecule has 5 atom stereocenters. The summed E-state index contributed by atoms with van der Waals surface area (Å²) in [6.45, 7) is 16.9. The highest BCUT2D eigenvalue weighted by Crippen LogP contribution is 2.66. The predicted molar refractivity (Wildman–Crippen MR) is 120 cm³/mol. The third kappa shape index (κ3) is 3.52. The van der Waals surface area contributed by atoms with E-state index in [1.54, 1.807) is 0 Å². The fourth-order valence-corrected chi connectivity index (χ4v) is 6.05. The van der Waals surface area contributed by atoms with Crippen LogP contribution in [0.5, 0.6) is 0 Å². The van der Waals surface area contributed by atoms with E-state index < -0.39 is 5.60 Å². The van der Waals surface area contributed by atoms with Crippen LogP contribution in [0.15, 0.2) is 18.2 Å². The van der Waals surface area contributed by atoms with Crippen molar-refractivity contribution in [3.05, 3.63) is 34.9 Å². The monoisotopic (exact) mass is 412 g/mol. The van der Waals surface area contributed by atoms with Crippen LogP contribution in [0.2, 0.25) is 5.82 Å². The van der Waals surface area contributed by atoms with Gasteiger partial charge in [0.25, 0.3) is 0 Å². The van der Waals surface area contributed by atoms with Crippen LogP contribution >= 0.6 is 0 Å². The molecule has 1 aliphatic heterocycles. The maximum atomic E-state index is 12.6. The van der Waals surface area contributed by atoms with Crippen molar-refractivity contribution in [2.45, 2.75) is 97.8 Å². The van der Waals surface area contributed by atoms with Gasteiger partial charge < -0.3 is 14.0 Å². The third-order valence-corrected chi connectivity index (χ3v) is 8.04. The summed E-state index contributed by atoms with van der Waals surface area (Å²) in [7, 11) is -0.195. The second-order valence-corrected chi connectivity index (χ2v) is 11.6. The minimum atomic E-state index is -0.501. The van der Waals surface area contributed by atoms with E-state index in [-0.39, 0.29) is 30.6 Å². The van der Waals surface area contributed by atoms with Gasteiger partial charge in [0.05, 0.1) is 17.3 Å². The summed E-state index contributed by atoms with van der Waals surface area (Å²) >= 11 is 0. The number of ether oxygens (including phenoxy) is 1. The Labute approximate surface area is 182 Å². The molecule has 0 aromatic heterocycles. The second-order valence-electron chi connectivity index (χ2n) is 11.6. The molecule has 5 rings (SSSR count). The summed E-state index contributed by atoms with van der Waals surface area (Å²) in [5.41, 5.74) is 2.46. The zero-order valence-corrected chi connectivity index (χ0v) is 19.9. The first-order chi connectivity index (χ1) is 13.8. The van der Waals surface area contributed by atoms with Gasteiger partial charge in [0.1, 0.15) is 5.60 Å². The number of rotatable bonds is 4. The van der Waals surface area contributed by atoms with Gasteiger partial charge in [-0.15, -0.1) is 0 Å². The van der Waals surface area contributed by atoms with Crippen LogP contribution < -0.4 is 0 Å². The lowest BCUT2D eigenvalue weighted by Crippen LogP contribution is -2.65. The molecule has 0 N–H and O–H groups in total. The predicted octanol–water partition coefficient (Wildman–Crippen LogP) is 5.61. The molecule has 2 bridgehead atoms. The highest BCUT2D eigenvalue weighted by Gasteiger charge is 2.68. The minimum Gasteiger partial charge on any atom is -0.456 e. The van der Waals surface area contributed by atoms with Crippen LogP contribution in [0, 0.1) is 24.2 Å². The van der Waals surface area contributed by atoms with Crippen LogP contribution in [0.3, 0.4) is 0 Å². The standard InChI is InChI=1S/C25H37BO4/c1-15(12-17-10-9-11-19(16(17)2)22(27)28-23(3,4)5)26-29-21-14-18-13-20(24(18,6)7)25(21,8)30-26/h9-11,15,18,20-21H,12-14H2,1-8H3. The summed E-state index contributed by atoms with van der Waals surface area (Å²) in [5.74, 6) is 1.28. The number of esters is 1. The van der Waals surface area contributed by atoms with Crippen molar-refractivity contribution in [1.29, 1.82) is 0 Å². The number of hydrogen-bond acceptors (Lipinski definition) is 4. The molecule has 30 heavy (non-hydrogen) atoms. The van der Waals surface area contributed by atoms with E-state index in [1.165, 1.54) is 6.42 Å². The molecule has 0 radical (unpaired) electrons. The van der Waals surface area contributed by atoms with E-state index in [0.29, 0.717) is 16.9 Å². The van der Waals surface area contributed by atoms with E-state index >= 15 is 0 Å². The van der Waals surface area contributed by atoms with E-state index in [9.17, 15) is 4.79 Å². The number of carbonyl (C=O) groups excluding carboxylic acids is 1. The molecule has 4 nitrogen and oxygen atoms in total. The second kappa shape index (κ2) is 7.10. The zero-order valence-electron chi connectivity index (χ0n) is 19.9. The van der Waals surface area contributed by atoms with Gasteiger partial charge in [-0.3, -0.25) is 0 Å². The molecule has 1 aromatic rings. The van der Waals surface area contributed by atoms with Gasteiger partial charge in [-0.2, -0.15) is 0 Å². The molecule has 4 aliphatic rings. The van der Waals surface area contributed by atoms with E-state index in [2.05, 4.69) is 33.8 Å². The van der Waals surface area contributed by atoms with Crippen molar-refractivity contribution in [2.24, 2.45) is 17.3 Å². The summed E-state index contributed by atoms with van der Waals surface area (Å²) in [6.07, 6.45) is 3.39. The van der Waals surface area contributed by atoms with Crippen LogP contribution in [0.25, 0.3) is 0 Å². The summed E-state index contributed by atoms with van der Waals surface area (Å²) in [5, 5.41) is 0. The van der Waals surface area contributed by atoms with Crippen molar-refractivity contribution in [1.82, 2.24) is 0 Å². The van der Waals surface area contributed by atoms with Crippen molar-refractivity contribution < 1.29 is 18.8 Å². The van der Waals surface area contributed by atoms with Gasteiger partial charge in [0.2, 0.25) is 0 Å². The Morgan fingerprint density at radius 2 is 1.97 bits per heavy atom. The maximum Gasteiger partial charge on any atom is 0.461 e. The molecular formula is C25H37BO4. The largest absolute Gasteiger partial charge is 0.461 e. The van der Waals surface area contributed by atoms with Crippen molar-refractivity contribution in [2.75, 3.05) is 0 Å². The Morgan fingerprint density at radius 3 is 2.60 bits per heavy atom. The average molecular weight is 412 g/mol. The lowest BCUT2D eigenvalue weighted by molar-refractivity contribution is -0.199. The smallest absolute Gasteiger partial charge is 0.456 e. The highest BCUT2D eigenvalue weighted by atomic mass is 16.7.